The Hall–Kier alpha value is -4.01. The van der Waals surface area contributed by atoms with E-state index in [1.165, 1.54) is 0 Å². The number of amides is 1. The SMILES string of the molecule is CC(=Nc1cc2n(n1)CCN(C)C2=O)c1c(O)[nH]c2cnc(-c3cnccc3C)cc12. The Bertz CT molecular complexity index is 1370. The van der Waals surface area contributed by atoms with E-state index in [0.29, 0.717) is 41.4 Å². The molecule has 5 rings (SSSR count). The molecular formula is C22H21N7O2. The van der Waals surface area contributed by atoms with Crippen LogP contribution in [0.25, 0.3) is 22.2 Å². The van der Waals surface area contributed by atoms with Crippen LogP contribution in [0.3, 0.4) is 0 Å². The van der Waals surface area contributed by atoms with Gasteiger partial charge in [0, 0.05) is 43.0 Å². The van der Waals surface area contributed by atoms with E-state index in [-0.39, 0.29) is 11.8 Å². The maximum absolute atomic E-state index is 12.3. The smallest absolute Gasteiger partial charge is 0.272 e. The number of aryl methyl sites for hydroxylation is 1. The van der Waals surface area contributed by atoms with Gasteiger partial charge in [0.1, 0.15) is 5.69 Å². The summed E-state index contributed by atoms with van der Waals surface area (Å²) in [6.45, 7) is 5.06. The number of fused-ring (bicyclic) bond motifs is 2. The predicted molar refractivity (Wildman–Crippen MR) is 117 cm³/mol. The first kappa shape index (κ1) is 19.0. The molecule has 0 saturated carbocycles. The summed E-state index contributed by atoms with van der Waals surface area (Å²) in [4.78, 5) is 30.3. The van der Waals surface area contributed by atoms with E-state index in [1.54, 1.807) is 41.3 Å². The molecule has 9 heteroatoms. The second kappa shape index (κ2) is 7.05. The van der Waals surface area contributed by atoms with Gasteiger partial charge in [-0.3, -0.25) is 19.4 Å². The Balaban J connectivity index is 1.59. The number of aromatic nitrogens is 5. The van der Waals surface area contributed by atoms with Crippen molar-refractivity contribution >= 4 is 28.3 Å². The summed E-state index contributed by atoms with van der Waals surface area (Å²) in [7, 11) is 1.77. The normalized spacial score (nSPS) is 14.4. The molecule has 1 aliphatic heterocycles. The van der Waals surface area contributed by atoms with Gasteiger partial charge in [-0.25, -0.2) is 4.99 Å². The molecule has 0 bridgehead atoms. The van der Waals surface area contributed by atoms with Crippen molar-refractivity contribution in [2.24, 2.45) is 4.99 Å². The van der Waals surface area contributed by atoms with E-state index in [1.807, 2.05) is 26.0 Å². The summed E-state index contributed by atoms with van der Waals surface area (Å²) >= 11 is 0. The van der Waals surface area contributed by atoms with Gasteiger partial charge in [-0.2, -0.15) is 5.10 Å². The molecule has 0 unspecified atom stereocenters. The van der Waals surface area contributed by atoms with Crippen LogP contribution in [0, 0.1) is 6.92 Å². The molecule has 4 aromatic heterocycles. The minimum atomic E-state index is -0.0737. The second-order valence-electron chi connectivity index (χ2n) is 7.69. The van der Waals surface area contributed by atoms with E-state index in [0.717, 1.165) is 22.2 Å². The highest BCUT2D eigenvalue weighted by molar-refractivity contribution is 6.13. The zero-order valence-electron chi connectivity index (χ0n) is 17.4. The number of aromatic hydroxyl groups is 1. The van der Waals surface area contributed by atoms with Gasteiger partial charge in [-0.15, -0.1) is 0 Å². The maximum Gasteiger partial charge on any atom is 0.272 e. The highest BCUT2D eigenvalue weighted by Gasteiger charge is 2.24. The molecule has 0 spiro atoms. The third-order valence-corrected chi connectivity index (χ3v) is 5.60. The maximum atomic E-state index is 12.3. The van der Waals surface area contributed by atoms with Gasteiger partial charge in [-0.1, -0.05) is 0 Å². The van der Waals surface area contributed by atoms with Crippen LogP contribution in [-0.2, 0) is 6.54 Å². The minimum Gasteiger partial charge on any atom is -0.494 e. The lowest BCUT2D eigenvalue weighted by atomic mass is 10.0. The van der Waals surface area contributed by atoms with Crippen LogP contribution in [0.4, 0.5) is 5.82 Å². The highest BCUT2D eigenvalue weighted by Crippen LogP contribution is 2.32. The summed E-state index contributed by atoms with van der Waals surface area (Å²) in [6, 6.07) is 5.53. The summed E-state index contributed by atoms with van der Waals surface area (Å²) in [5.41, 5.74) is 5.13. The third kappa shape index (κ3) is 3.14. The van der Waals surface area contributed by atoms with Crippen LogP contribution in [0.15, 0.2) is 41.8 Å². The predicted octanol–water partition coefficient (Wildman–Crippen LogP) is 3.06. The van der Waals surface area contributed by atoms with Crippen LogP contribution in [0.5, 0.6) is 5.88 Å². The fraction of sp³-hybridized carbons (Fsp3) is 0.227. The summed E-state index contributed by atoms with van der Waals surface area (Å²) in [6.07, 6.45) is 5.21. The zero-order valence-corrected chi connectivity index (χ0v) is 17.4. The molecule has 0 radical (unpaired) electrons. The molecule has 0 aromatic carbocycles. The average Bonchev–Trinajstić information content (AvgIpc) is 3.30. The first-order valence-electron chi connectivity index (χ1n) is 9.93. The van der Waals surface area contributed by atoms with Crippen LogP contribution in [0.2, 0.25) is 0 Å². The quantitative estimate of drug-likeness (QED) is 0.500. The Morgan fingerprint density at radius 3 is 2.90 bits per heavy atom. The van der Waals surface area contributed by atoms with Gasteiger partial charge < -0.3 is 15.0 Å². The second-order valence-corrected chi connectivity index (χ2v) is 7.69. The van der Waals surface area contributed by atoms with Crippen molar-refractivity contribution in [3.63, 3.8) is 0 Å². The molecule has 31 heavy (non-hydrogen) atoms. The van der Waals surface area contributed by atoms with E-state index >= 15 is 0 Å². The molecule has 9 nitrogen and oxygen atoms in total. The first-order chi connectivity index (χ1) is 14.9. The largest absolute Gasteiger partial charge is 0.494 e. The lowest BCUT2D eigenvalue weighted by Crippen LogP contribution is -2.37. The number of aliphatic imine (C=N–C) groups is 1. The number of nitrogens with one attached hydrogen (secondary N) is 1. The molecule has 5 heterocycles. The van der Waals surface area contributed by atoms with E-state index in [9.17, 15) is 9.90 Å². The number of carbonyl (C=O) groups excluding carboxylic acids is 1. The van der Waals surface area contributed by atoms with E-state index in [4.69, 9.17) is 0 Å². The lowest BCUT2D eigenvalue weighted by Gasteiger charge is -2.22. The molecule has 0 aliphatic carbocycles. The molecule has 1 aliphatic rings. The van der Waals surface area contributed by atoms with Crippen molar-refractivity contribution < 1.29 is 9.90 Å². The molecule has 0 fully saturated rings. The molecule has 0 saturated heterocycles. The number of hydrogen-bond donors (Lipinski definition) is 2. The fourth-order valence-corrected chi connectivity index (χ4v) is 3.90. The van der Waals surface area contributed by atoms with Gasteiger partial charge in [0.15, 0.2) is 11.7 Å². The van der Waals surface area contributed by atoms with Crippen LogP contribution >= 0.6 is 0 Å². The van der Waals surface area contributed by atoms with Gasteiger partial charge in [-0.05, 0) is 31.5 Å². The Morgan fingerprint density at radius 1 is 1.26 bits per heavy atom. The number of pyridine rings is 2. The number of carbonyl (C=O) groups is 1. The molecule has 1 amide bonds. The van der Waals surface area contributed by atoms with E-state index < -0.39 is 0 Å². The van der Waals surface area contributed by atoms with Crippen molar-refractivity contribution in [1.82, 2.24) is 29.6 Å². The summed E-state index contributed by atoms with van der Waals surface area (Å²) in [5.74, 6) is 0.371. The molecular weight excluding hydrogens is 394 g/mol. The van der Waals surface area contributed by atoms with Crippen molar-refractivity contribution in [2.45, 2.75) is 20.4 Å². The van der Waals surface area contributed by atoms with Crippen LogP contribution < -0.4 is 0 Å². The average molecular weight is 415 g/mol. The first-order valence-corrected chi connectivity index (χ1v) is 9.93. The minimum absolute atomic E-state index is 0.0119. The van der Waals surface area contributed by atoms with Crippen LogP contribution in [-0.4, -0.2) is 60.0 Å². The van der Waals surface area contributed by atoms with Gasteiger partial charge >= 0.3 is 0 Å². The standard InChI is InChI=1S/C22H21N7O2/c1-12-4-5-23-10-15(12)16-8-14-17(11-24-16)26-21(30)20(14)13(2)25-19-9-18-22(31)28(3)6-7-29(18)27-19/h4-5,8-11,26,30H,6-7H2,1-3H3. The number of rotatable bonds is 3. The van der Waals surface area contributed by atoms with Crippen molar-refractivity contribution in [1.29, 1.82) is 0 Å². The zero-order chi connectivity index (χ0) is 21.7. The third-order valence-electron chi connectivity index (χ3n) is 5.60. The summed E-state index contributed by atoms with van der Waals surface area (Å²) in [5, 5.41) is 15.8. The number of nitrogens with zero attached hydrogens (tertiary/aromatic N) is 6. The Kier molecular flexibility index (Phi) is 4.32. The number of H-pyrrole nitrogens is 1. The summed E-state index contributed by atoms with van der Waals surface area (Å²) < 4.78 is 1.68. The molecule has 4 aromatic rings. The van der Waals surface area contributed by atoms with Crippen molar-refractivity contribution in [2.75, 3.05) is 13.6 Å². The monoisotopic (exact) mass is 415 g/mol. The highest BCUT2D eigenvalue weighted by atomic mass is 16.3. The number of aromatic amines is 1. The number of hydrogen-bond acceptors (Lipinski definition) is 6. The Labute approximate surface area is 178 Å². The molecule has 2 N–H and O–H groups in total. The topological polar surface area (TPSA) is 112 Å². The Morgan fingerprint density at radius 2 is 2.10 bits per heavy atom. The number of likely N-dealkylation sites (N-methyl/N-ethyl adjacent to an activating group) is 1. The van der Waals surface area contributed by atoms with Crippen molar-refractivity contribution in [3.05, 3.63) is 53.6 Å². The van der Waals surface area contributed by atoms with E-state index in [2.05, 4.69) is 25.0 Å². The lowest BCUT2D eigenvalue weighted by molar-refractivity contribution is 0.0743. The molecule has 156 valence electrons. The van der Waals surface area contributed by atoms with Crippen molar-refractivity contribution in [3.8, 4) is 17.1 Å². The van der Waals surface area contributed by atoms with Gasteiger partial charge in [0.05, 0.1) is 35.2 Å². The van der Waals surface area contributed by atoms with Gasteiger partial charge in [0.25, 0.3) is 5.91 Å². The van der Waals surface area contributed by atoms with Gasteiger partial charge in [0.2, 0.25) is 0 Å². The molecule has 0 atom stereocenters. The van der Waals surface area contributed by atoms with Crippen LogP contribution in [0.1, 0.15) is 28.5 Å². The fourth-order valence-electron chi connectivity index (χ4n) is 3.90.